The SMILES string of the molecule is CNC(C)C(=O)N[C@H]1CN(C(=O)CS(C)(=O)=O)c2ccc(C#N)cc2N(Cc2nn(-c3ccccc3C#N)c3ccccc23)C1=O. The van der Waals surface area contributed by atoms with E-state index >= 15 is 0 Å². The molecule has 0 bridgehead atoms. The van der Waals surface area contributed by atoms with E-state index in [1.54, 1.807) is 42.9 Å². The number of aromatic nitrogens is 2. The van der Waals surface area contributed by atoms with E-state index in [0.29, 0.717) is 27.8 Å². The Morgan fingerprint density at radius 1 is 1.02 bits per heavy atom. The maximum atomic E-state index is 14.4. The molecule has 13 nitrogen and oxygen atoms in total. The second kappa shape index (κ2) is 12.8. The highest BCUT2D eigenvalue weighted by atomic mass is 32.2. The third-order valence-electron chi connectivity index (χ3n) is 7.67. The summed E-state index contributed by atoms with van der Waals surface area (Å²) < 4.78 is 25.9. The van der Waals surface area contributed by atoms with Gasteiger partial charge >= 0.3 is 0 Å². The third-order valence-corrected chi connectivity index (χ3v) is 8.44. The Labute approximate surface area is 265 Å². The zero-order valence-electron chi connectivity index (χ0n) is 25.3. The molecule has 0 saturated heterocycles. The van der Waals surface area contributed by atoms with Crippen LogP contribution in [0.3, 0.4) is 0 Å². The van der Waals surface area contributed by atoms with Crippen molar-refractivity contribution in [2.24, 2.45) is 0 Å². The summed E-state index contributed by atoms with van der Waals surface area (Å²) in [5.41, 5.74) is 2.58. The van der Waals surface area contributed by atoms with Crippen LogP contribution in [0.15, 0.2) is 66.7 Å². The fraction of sp³-hybridized carbons (Fsp3) is 0.250. The second-order valence-electron chi connectivity index (χ2n) is 10.9. The van der Waals surface area contributed by atoms with Gasteiger partial charge in [0.25, 0.3) is 5.91 Å². The number of rotatable bonds is 8. The minimum Gasteiger partial charge on any atom is -0.341 e. The molecule has 0 saturated carbocycles. The molecule has 2 atom stereocenters. The number of fused-ring (bicyclic) bond motifs is 2. The Hall–Kier alpha value is -5.57. The van der Waals surface area contributed by atoms with Crippen molar-refractivity contribution < 1.29 is 22.8 Å². The van der Waals surface area contributed by atoms with Gasteiger partial charge in [-0.15, -0.1) is 0 Å². The largest absolute Gasteiger partial charge is 0.341 e. The van der Waals surface area contributed by atoms with Gasteiger partial charge in [-0.25, -0.2) is 13.1 Å². The van der Waals surface area contributed by atoms with E-state index in [9.17, 15) is 33.3 Å². The van der Waals surface area contributed by atoms with E-state index in [1.807, 2.05) is 30.3 Å². The van der Waals surface area contributed by atoms with Crippen LogP contribution in [-0.2, 0) is 30.8 Å². The maximum absolute atomic E-state index is 14.4. The summed E-state index contributed by atoms with van der Waals surface area (Å²) in [6.07, 6.45) is 0.930. The molecular weight excluding hydrogens is 608 g/mol. The number of hydrogen-bond acceptors (Lipinski definition) is 9. The van der Waals surface area contributed by atoms with Gasteiger partial charge in [0.2, 0.25) is 11.8 Å². The van der Waals surface area contributed by atoms with E-state index in [0.717, 1.165) is 11.2 Å². The van der Waals surface area contributed by atoms with Gasteiger partial charge in [-0.1, -0.05) is 30.3 Å². The van der Waals surface area contributed by atoms with Crippen molar-refractivity contribution in [3.63, 3.8) is 0 Å². The average Bonchev–Trinajstić information content (AvgIpc) is 3.36. The van der Waals surface area contributed by atoms with Gasteiger partial charge < -0.3 is 20.4 Å². The molecule has 1 aliphatic rings. The first kappa shape index (κ1) is 31.8. The Kier molecular flexibility index (Phi) is 8.87. The summed E-state index contributed by atoms with van der Waals surface area (Å²) in [6.45, 7) is 1.10. The highest BCUT2D eigenvalue weighted by Gasteiger charge is 2.38. The standard InChI is InChI=1S/C32H30N8O5S/c1-20(35-2)31(42)36-25-18-38(30(41)19-46(3,44)45)28-13-12-21(15-33)14-29(28)39(32(25)43)17-24-23-9-5-7-11-27(23)40(37-24)26-10-6-4-8-22(26)16-34/h4-14,20,25,35H,17-19H2,1-3H3,(H,36,42)/t20?,25-/m0/s1. The predicted octanol–water partition coefficient (Wildman–Crippen LogP) is 1.79. The predicted molar refractivity (Wildman–Crippen MR) is 171 cm³/mol. The van der Waals surface area contributed by atoms with Gasteiger partial charge in [0.05, 0.1) is 64.6 Å². The zero-order valence-corrected chi connectivity index (χ0v) is 26.1. The quantitative estimate of drug-likeness (QED) is 0.291. The number of benzene rings is 3. The summed E-state index contributed by atoms with van der Waals surface area (Å²) in [5.74, 6) is -2.74. The van der Waals surface area contributed by atoms with E-state index < -0.39 is 45.4 Å². The number of carbonyl (C=O) groups is 3. The Balaban J connectivity index is 1.69. The molecule has 1 aromatic heterocycles. The Bertz CT molecular complexity index is 2060. The van der Waals surface area contributed by atoms with Crippen LogP contribution in [0.2, 0.25) is 0 Å². The van der Waals surface area contributed by atoms with Crippen LogP contribution in [0, 0.1) is 22.7 Å². The monoisotopic (exact) mass is 638 g/mol. The summed E-state index contributed by atoms with van der Waals surface area (Å²) in [6, 6.07) is 20.9. The number of hydrogen-bond donors (Lipinski definition) is 2. The molecule has 0 spiro atoms. The number of sulfone groups is 1. The lowest BCUT2D eigenvalue weighted by atomic mass is 10.1. The summed E-state index contributed by atoms with van der Waals surface area (Å²) in [4.78, 5) is 43.4. The van der Waals surface area contributed by atoms with Crippen molar-refractivity contribution in [2.75, 3.05) is 35.4 Å². The number of likely N-dealkylation sites (N-methyl/N-ethyl adjacent to an activating group) is 1. The average molecular weight is 639 g/mol. The van der Waals surface area contributed by atoms with Crippen molar-refractivity contribution in [3.8, 4) is 17.8 Å². The molecule has 4 aromatic rings. The Morgan fingerprint density at radius 2 is 1.74 bits per heavy atom. The number of carbonyl (C=O) groups excluding carboxylic acids is 3. The highest BCUT2D eigenvalue weighted by molar-refractivity contribution is 7.91. The van der Waals surface area contributed by atoms with Crippen LogP contribution in [0.25, 0.3) is 16.6 Å². The fourth-order valence-corrected chi connectivity index (χ4v) is 5.88. The number of nitrogens with zero attached hydrogens (tertiary/aromatic N) is 6. The lowest BCUT2D eigenvalue weighted by Gasteiger charge is -2.26. The molecule has 46 heavy (non-hydrogen) atoms. The highest BCUT2D eigenvalue weighted by Crippen LogP contribution is 2.36. The fourth-order valence-electron chi connectivity index (χ4n) is 5.27. The second-order valence-corrected chi connectivity index (χ2v) is 13.0. The molecule has 234 valence electrons. The van der Waals surface area contributed by atoms with E-state index in [2.05, 4.69) is 16.7 Å². The lowest BCUT2D eigenvalue weighted by molar-refractivity contribution is -0.128. The van der Waals surface area contributed by atoms with Gasteiger partial charge in [0, 0.05) is 11.6 Å². The first-order valence-corrected chi connectivity index (χ1v) is 16.3. The molecule has 3 amide bonds. The number of amides is 3. The van der Waals surface area contributed by atoms with Crippen LogP contribution in [0.4, 0.5) is 11.4 Å². The van der Waals surface area contributed by atoms with Crippen molar-refractivity contribution in [1.29, 1.82) is 10.5 Å². The molecular formula is C32H30N8O5S. The van der Waals surface area contributed by atoms with Crippen molar-refractivity contribution in [3.05, 3.63) is 83.6 Å². The molecule has 0 fully saturated rings. The van der Waals surface area contributed by atoms with E-state index in [-0.39, 0.29) is 30.0 Å². The van der Waals surface area contributed by atoms with Crippen molar-refractivity contribution in [1.82, 2.24) is 20.4 Å². The summed E-state index contributed by atoms with van der Waals surface area (Å²) >= 11 is 0. The van der Waals surface area contributed by atoms with Crippen LogP contribution in [-0.4, -0.2) is 73.6 Å². The number of nitrogens with one attached hydrogen (secondary N) is 2. The molecule has 14 heteroatoms. The van der Waals surface area contributed by atoms with Gasteiger partial charge in [-0.05, 0) is 50.4 Å². The Morgan fingerprint density at radius 3 is 2.43 bits per heavy atom. The molecule has 5 rings (SSSR count). The summed E-state index contributed by atoms with van der Waals surface area (Å²) in [7, 11) is -2.18. The number of nitriles is 2. The van der Waals surface area contributed by atoms with Crippen molar-refractivity contribution >= 4 is 49.8 Å². The third kappa shape index (κ3) is 6.30. The van der Waals surface area contributed by atoms with Gasteiger partial charge in [0.15, 0.2) is 9.84 Å². The van der Waals surface area contributed by atoms with E-state index in [1.165, 1.54) is 23.1 Å². The van der Waals surface area contributed by atoms with Gasteiger partial charge in [-0.3, -0.25) is 14.4 Å². The summed E-state index contributed by atoms with van der Waals surface area (Å²) in [5, 5.41) is 30.5. The molecule has 0 radical (unpaired) electrons. The van der Waals surface area contributed by atoms with Crippen LogP contribution < -0.4 is 20.4 Å². The molecule has 1 unspecified atom stereocenters. The van der Waals surface area contributed by atoms with E-state index in [4.69, 9.17) is 5.10 Å². The molecule has 0 aliphatic carbocycles. The lowest BCUT2D eigenvalue weighted by Crippen LogP contribution is -2.56. The molecule has 1 aliphatic heterocycles. The van der Waals surface area contributed by atoms with Crippen LogP contribution in [0.1, 0.15) is 23.7 Å². The van der Waals surface area contributed by atoms with Gasteiger partial charge in [0.1, 0.15) is 17.9 Å². The topological polar surface area (TPSA) is 181 Å². The van der Waals surface area contributed by atoms with Crippen LogP contribution in [0.5, 0.6) is 0 Å². The molecule has 3 aromatic carbocycles. The first-order valence-electron chi connectivity index (χ1n) is 14.2. The molecule has 2 N–H and O–H groups in total. The minimum absolute atomic E-state index is 0.148. The smallest absolute Gasteiger partial charge is 0.251 e. The van der Waals surface area contributed by atoms with Crippen molar-refractivity contribution in [2.45, 2.75) is 25.6 Å². The first-order chi connectivity index (χ1) is 21.9. The zero-order chi connectivity index (χ0) is 33.2. The number of para-hydroxylation sites is 2. The molecule has 2 heterocycles. The van der Waals surface area contributed by atoms with Gasteiger partial charge in [-0.2, -0.15) is 15.6 Å². The van der Waals surface area contributed by atoms with Crippen LogP contribution >= 0.6 is 0 Å². The number of anilines is 2. The normalized spacial score (nSPS) is 15.4. The minimum atomic E-state index is -3.76. The maximum Gasteiger partial charge on any atom is 0.251 e.